The van der Waals surface area contributed by atoms with Crippen molar-refractivity contribution in [3.63, 3.8) is 0 Å². The van der Waals surface area contributed by atoms with Crippen LogP contribution < -0.4 is 0 Å². The summed E-state index contributed by atoms with van der Waals surface area (Å²) in [6, 6.07) is 8.93. The minimum atomic E-state index is -3.36. The van der Waals surface area contributed by atoms with E-state index >= 15 is 0 Å². The average molecular weight is 286 g/mol. The highest BCUT2D eigenvalue weighted by atomic mass is 32.2. The van der Waals surface area contributed by atoms with Gasteiger partial charge in [-0.3, -0.25) is 8.98 Å². The van der Waals surface area contributed by atoms with Gasteiger partial charge in [-0.25, -0.2) is 0 Å². The summed E-state index contributed by atoms with van der Waals surface area (Å²) in [5.74, 6) is -0.0621. The third kappa shape index (κ3) is 7.71. The number of carbonyl (C=O) groups excluding carboxylic acids is 1. The molecule has 0 fully saturated rings. The van der Waals surface area contributed by atoms with Crippen LogP contribution in [0.4, 0.5) is 0 Å². The SMILES string of the molecule is CS(=O)(=O)OCCCCOCC(=O)c1ccccc1. The number of carbonyl (C=O) groups is 1. The zero-order chi connectivity index (χ0) is 14.1. The Morgan fingerprint density at radius 3 is 2.37 bits per heavy atom. The number of hydrogen-bond donors (Lipinski definition) is 0. The van der Waals surface area contributed by atoms with Crippen molar-refractivity contribution < 1.29 is 22.1 Å². The van der Waals surface area contributed by atoms with Gasteiger partial charge in [-0.1, -0.05) is 30.3 Å². The van der Waals surface area contributed by atoms with Crippen molar-refractivity contribution in [2.75, 3.05) is 26.1 Å². The molecule has 0 bridgehead atoms. The Kier molecular flexibility index (Phi) is 6.69. The number of ketones is 1. The normalized spacial score (nSPS) is 11.4. The molecule has 0 aliphatic rings. The number of Topliss-reactive ketones (excluding diaryl/α,β-unsaturated/α-hetero) is 1. The first-order valence-electron chi connectivity index (χ1n) is 5.99. The van der Waals surface area contributed by atoms with Crippen molar-refractivity contribution in [1.29, 1.82) is 0 Å². The maximum atomic E-state index is 11.6. The predicted molar refractivity (Wildman–Crippen MR) is 71.6 cm³/mol. The van der Waals surface area contributed by atoms with Crippen LogP contribution in [0.2, 0.25) is 0 Å². The van der Waals surface area contributed by atoms with E-state index in [2.05, 4.69) is 4.18 Å². The molecule has 1 rings (SSSR count). The van der Waals surface area contributed by atoms with Gasteiger partial charge >= 0.3 is 0 Å². The van der Waals surface area contributed by atoms with Crippen LogP contribution in [0.15, 0.2) is 30.3 Å². The van der Waals surface area contributed by atoms with Crippen LogP contribution in [0.1, 0.15) is 23.2 Å². The molecular formula is C13H18O5S. The van der Waals surface area contributed by atoms with Gasteiger partial charge in [-0.2, -0.15) is 8.42 Å². The zero-order valence-corrected chi connectivity index (χ0v) is 11.7. The number of rotatable bonds is 9. The molecule has 0 radical (unpaired) electrons. The number of ether oxygens (including phenoxy) is 1. The van der Waals surface area contributed by atoms with Gasteiger partial charge in [0.15, 0.2) is 5.78 Å². The highest BCUT2D eigenvalue weighted by Gasteiger charge is 2.04. The van der Waals surface area contributed by atoms with Gasteiger partial charge in [0.05, 0.1) is 12.9 Å². The molecule has 1 aromatic carbocycles. The van der Waals surface area contributed by atoms with Crippen LogP contribution in [0.5, 0.6) is 0 Å². The minimum Gasteiger partial charge on any atom is -0.373 e. The summed E-state index contributed by atoms with van der Waals surface area (Å²) in [5, 5.41) is 0. The molecule has 0 N–H and O–H groups in total. The second kappa shape index (κ2) is 8.04. The average Bonchev–Trinajstić information content (AvgIpc) is 2.37. The first-order valence-corrected chi connectivity index (χ1v) is 7.81. The summed E-state index contributed by atoms with van der Waals surface area (Å²) in [5.41, 5.74) is 0.628. The largest absolute Gasteiger partial charge is 0.373 e. The smallest absolute Gasteiger partial charge is 0.264 e. The number of unbranched alkanes of at least 4 members (excludes halogenated alkanes) is 1. The van der Waals surface area contributed by atoms with Crippen LogP contribution in [0.3, 0.4) is 0 Å². The van der Waals surface area contributed by atoms with Gasteiger partial charge in [0.1, 0.15) is 6.61 Å². The van der Waals surface area contributed by atoms with Crippen molar-refractivity contribution in [3.8, 4) is 0 Å². The zero-order valence-electron chi connectivity index (χ0n) is 10.9. The Balaban J connectivity index is 2.07. The molecule has 19 heavy (non-hydrogen) atoms. The molecule has 0 aliphatic heterocycles. The number of benzene rings is 1. The lowest BCUT2D eigenvalue weighted by Crippen LogP contribution is -2.10. The maximum absolute atomic E-state index is 11.6. The van der Waals surface area contributed by atoms with Crippen LogP contribution in [-0.4, -0.2) is 40.3 Å². The van der Waals surface area contributed by atoms with Crippen molar-refractivity contribution in [2.24, 2.45) is 0 Å². The molecule has 0 saturated heterocycles. The Hall–Kier alpha value is -1.24. The first-order chi connectivity index (χ1) is 8.99. The highest BCUT2D eigenvalue weighted by Crippen LogP contribution is 2.01. The summed E-state index contributed by atoms with van der Waals surface area (Å²) in [6.07, 6.45) is 2.24. The van der Waals surface area contributed by atoms with Crippen LogP contribution in [0.25, 0.3) is 0 Å². The van der Waals surface area contributed by atoms with Gasteiger partial charge in [0, 0.05) is 12.2 Å². The quantitative estimate of drug-likeness (QED) is 0.392. The fourth-order valence-corrected chi connectivity index (χ4v) is 1.81. The summed E-state index contributed by atoms with van der Waals surface area (Å²) in [7, 11) is -3.36. The van der Waals surface area contributed by atoms with E-state index in [1.165, 1.54) is 0 Å². The first kappa shape index (κ1) is 15.8. The van der Waals surface area contributed by atoms with Gasteiger partial charge in [0.25, 0.3) is 10.1 Å². The van der Waals surface area contributed by atoms with Crippen LogP contribution in [0, 0.1) is 0 Å². The molecular weight excluding hydrogens is 268 g/mol. The standard InChI is InChI=1S/C13H18O5S/c1-19(15,16)18-10-6-5-9-17-11-13(14)12-7-3-2-4-8-12/h2-4,7-8H,5-6,9-11H2,1H3. The lowest BCUT2D eigenvalue weighted by atomic mass is 10.1. The van der Waals surface area contributed by atoms with E-state index < -0.39 is 10.1 Å². The molecule has 0 saturated carbocycles. The fourth-order valence-electron chi connectivity index (χ4n) is 1.39. The van der Waals surface area contributed by atoms with E-state index in [9.17, 15) is 13.2 Å². The second-order valence-electron chi connectivity index (χ2n) is 4.07. The van der Waals surface area contributed by atoms with E-state index in [0.29, 0.717) is 25.0 Å². The highest BCUT2D eigenvalue weighted by molar-refractivity contribution is 7.85. The second-order valence-corrected chi connectivity index (χ2v) is 5.72. The van der Waals surface area contributed by atoms with Crippen LogP contribution in [-0.2, 0) is 19.0 Å². The molecule has 0 unspecified atom stereocenters. The molecule has 1 aromatic rings. The Morgan fingerprint density at radius 1 is 1.11 bits per heavy atom. The third-order valence-electron chi connectivity index (χ3n) is 2.31. The Labute approximate surface area is 113 Å². The van der Waals surface area contributed by atoms with E-state index in [0.717, 1.165) is 6.26 Å². The third-order valence-corrected chi connectivity index (χ3v) is 2.90. The molecule has 0 spiro atoms. The molecule has 0 aliphatic carbocycles. The molecule has 0 aromatic heterocycles. The fraction of sp³-hybridized carbons (Fsp3) is 0.462. The minimum absolute atomic E-state index is 0.0386. The van der Waals surface area contributed by atoms with Gasteiger partial charge < -0.3 is 4.74 Å². The summed E-state index contributed by atoms with van der Waals surface area (Å²) in [6.45, 7) is 0.595. The molecule has 0 heterocycles. The maximum Gasteiger partial charge on any atom is 0.264 e. The monoisotopic (exact) mass is 286 g/mol. The van der Waals surface area contributed by atoms with E-state index in [1.54, 1.807) is 24.3 Å². The van der Waals surface area contributed by atoms with Crippen LogP contribution >= 0.6 is 0 Å². The Bertz CT molecular complexity index is 481. The van der Waals surface area contributed by atoms with Crippen molar-refractivity contribution in [2.45, 2.75) is 12.8 Å². The van der Waals surface area contributed by atoms with Gasteiger partial charge in [-0.05, 0) is 12.8 Å². The molecule has 5 nitrogen and oxygen atoms in total. The van der Waals surface area contributed by atoms with E-state index in [1.807, 2.05) is 6.07 Å². The summed E-state index contributed by atoms with van der Waals surface area (Å²) < 4.78 is 31.1. The molecule has 0 amide bonds. The lowest BCUT2D eigenvalue weighted by molar-refractivity contribution is 0.0748. The topological polar surface area (TPSA) is 69.7 Å². The molecule has 106 valence electrons. The molecule has 0 atom stereocenters. The molecule has 6 heteroatoms. The summed E-state index contributed by atoms with van der Waals surface area (Å²) in [4.78, 5) is 11.6. The van der Waals surface area contributed by atoms with E-state index in [4.69, 9.17) is 4.74 Å². The van der Waals surface area contributed by atoms with Gasteiger partial charge in [0.2, 0.25) is 0 Å². The lowest BCUT2D eigenvalue weighted by Gasteiger charge is -2.04. The summed E-state index contributed by atoms with van der Waals surface area (Å²) >= 11 is 0. The van der Waals surface area contributed by atoms with Gasteiger partial charge in [-0.15, -0.1) is 0 Å². The Morgan fingerprint density at radius 2 is 1.74 bits per heavy atom. The van der Waals surface area contributed by atoms with Crippen molar-refractivity contribution in [1.82, 2.24) is 0 Å². The predicted octanol–water partition coefficient (Wildman–Crippen LogP) is 1.64. The van der Waals surface area contributed by atoms with E-state index in [-0.39, 0.29) is 19.0 Å². The number of hydrogen-bond acceptors (Lipinski definition) is 5. The van der Waals surface area contributed by atoms with Crippen molar-refractivity contribution >= 4 is 15.9 Å². The van der Waals surface area contributed by atoms with Crippen molar-refractivity contribution in [3.05, 3.63) is 35.9 Å².